The van der Waals surface area contributed by atoms with Gasteiger partial charge in [0.15, 0.2) is 0 Å². The number of carbonyl (C=O) groups is 13. The topological polar surface area (TPSA) is 267 Å². The maximum Gasteiger partial charge on any atom is 0.352 e. The first-order chi connectivity index (χ1) is 28.2. The number of hydrogen-bond donors (Lipinski definition) is 0. The monoisotopic (exact) mass is 867 g/mol. The maximum absolute atomic E-state index is 12.9. The van der Waals surface area contributed by atoms with Gasteiger partial charge in [0.25, 0.3) is 11.8 Å². The van der Waals surface area contributed by atoms with E-state index in [-0.39, 0.29) is 31.8 Å². The summed E-state index contributed by atoms with van der Waals surface area (Å²) in [5.74, 6) is -8.32. The molecule has 0 unspecified atom stereocenters. The lowest BCUT2D eigenvalue weighted by Crippen LogP contribution is -2.49. The van der Waals surface area contributed by atoms with E-state index in [0.717, 1.165) is 44.1 Å². The second-order valence-electron chi connectivity index (χ2n) is 14.7. The summed E-state index contributed by atoms with van der Waals surface area (Å²) in [5.41, 5.74) is 0. The molecule has 1 heterocycles. The highest BCUT2D eigenvalue weighted by molar-refractivity contribution is 6.02. The molecule has 1 saturated heterocycles. The maximum atomic E-state index is 12.9. The Morgan fingerprint density at radius 2 is 0.541 bits per heavy atom. The lowest BCUT2D eigenvalue weighted by Gasteiger charge is -2.27. The molecule has 340 valence electrons. The summed E-state index contributed by atoms with van der Waals surface area (Å²) < 4.78 is 0. The highest BCUT2D eigenvalue weighted by atomic mass is 16.7. The van der Waals surface area contributed by atoms with Crippen molar-refractivity contribution in [3.05, 3.63) is 0 Å². The Kier molecular flexibility index (Phi) is 20.4. The van der Waals surface area contributed by atoms with E-state index in [1.807, 2.05) is 0 Å². The number of amides is 12. The van der Waals surface area contributed by atoms with Crippen LogP contribution in [0.3, 0.4) is 0 Å². The molecule has 0 saturated carbocycles. The molecule has 25 heteroatoms. The van der Waals surface area contributed by atoms with Gasteiger partial charge in [-0.1, -0.05) is 0 Å². The van der Waals surface area contributed by atoms with E-state index < -0.39 is 123 Å². The van der Waals surface area contributed by atoms with Gasteiger partial charge in [0.2, 0.25) is 59.1 Å². The second-order valence-corrected chi connectivity index (χ2v) is 14.7. The minimum atomic E-state index is -1.04. The van der Waals surface area contributed by atoms with Crippen molar-refractivity contribution in [3.8, 4) is 0 Å². The van der Waals surface area contributed by atoms with Crippen molar-refractivity contribution in [2.45, 2.75) is 19.8 Å². The van der Waals surface area contributed by atoms with Gasteiger partial charge in [-0.3, -0.25) is 57.5 Å². The van der Waals surface area contributed by atoms with Crippen molar-refractivity contribution in [2.24, 2.45) is 0 Å². The van der Waals surface area contributed by atoms with Crippen molar-refractivity contribution in [2.75, 3.05) is 136 Å². The average Bonchev–Trinajstić information content (AvgIpc) is 3.48. The molecule has 1 aliphatic rings. The van der Waals surface area contributed by atoms with Gasteiger partial charge < -0.3 is 53.8 Å². The standard InChI is InChI=1S/C36H57N11O14/c1-24(48)37(2)14-27(51)38(3)15-28(52)39(4)16-29(53)40(5)17-30(54)41(6)18-31(55)42(7)19-32(56)43(8)20-33(57)44(9)21-34(58)45(10)22-35(59)46(11)23-36(60)61-47-25(49)12-13-26(47)50/h12-23H2,1-11H3. The van der Waals surface area contributed by atoms with Crippen molar-refractivity contribution >= 4 is 76.9 Å². The van der Waals surface area contributed by atoms with Crippen LogP contribution in [0.1, 0.15) is 19.8 Å². The van der Waals surface area contributed by atoms with Crippen LogP contribution in [-0.2, 0) is 67.2 Å². The SMILES string of the molecule is CC(=O)N(C)CC(=O)N(C)CC(=O)N(C)CC(=O)N(C)CC(=O)N(C)CC(=O)N(C)CC(=O)N(C)CC(=O)N(C)CC(=O)N(C)CC(=O)N(C)CC(=O)ON1C(=O)CCC1=O. The van der Waals surface area contributed by atoms with Crippen molar-refractivity contribution in [1.82, 2.24) is 54.1 Å². The molecule has 0 aliphatic carbocycles. The van der Waals surface area contributed by atoms with Gasteiger partial charge in [0, 0.05) is 90.2 Å². The van der Waals surface area contributed by atoms with Crippen molar-refractivity contribution < 1.29 is 67.2 Å². The summed E-state index contributed by atoms with van der Waals surface area (Å²) >= 11 is 0. The summed E-state index contributed by atoms with van der Waals surface area (Å²) in [5, 5.41) is 0.343. The van der Waals surface area contributed by atoms with E-state index in [4.69, 9.17) is 4.84 Å². The van der Waals surface area contributed by atoms with Crippen LogP contribution in [0.15, 0.2) is 0 Å². The minimum absolute atomic E-state index is 0.100. The number of carbonyl (C=O) groups excluding carboxylic acids is 13. The summed E-state index contributed by atoms with van der Waals surface area (Å²) in [6, 6.07) is 0. The van der Waals surface area contributed by atoms with Crippen LogP contribution in [-0.4, -0.2) is 267 Å². The fraction of sp³-hybridized carbons (Fsp3) is 0.639. The van der Waals surface area contributed by atoms with Gasteiger partial charge in [-0.25, -0.2) is 4.79 Å². The Morgan fingerprint density at radius 3 is 0.738 bits per heavy atom. The molecule has 0 radical (unpaired) electrons. The first-order valence-corrected chi connectivity index (χ1v) is 18.6. The number of hydroxylamine groups is 2. The Morgan fingerprint density at radius 1 is 0.361 bits per heavy atom. The third kappa shape index (κ3) is 17.2. The normalized spacial score (nSPS) is 11.8. The van der Waals surface area contributed by atoms with E-state index in [9.17, 15) is 62.3 Å². The van der Waals surface area contributed by atoms with E-state index in [2.05, 4.69) is 0 Å². The van der Waals surface area contributed by atoms with Gasteiger partial charge in [0.1, 0.15) is 6.54 Å². The summed E-state index contributed by atoms with van der Waals surface area (Å²) in [4.78, 5) is 176. The van der Waals surface area contributed by atoms with Gasteiger partial charge >= 0.3 is 5.97 Å². The van der Waals surface area contributed by atoms with E-state index in [1.165, 1.54) is 82.3 Å². The summed E-state index contributed by atoms with van der Waals surface area (Å²) in [6.45, 7) is -3.17. The van der Waals surface area contributed by atoms with Crippen molar-refractivity contribution in [3.63, 3.8) is 0 Å². The molecule has 12 amide bonds. The number of likely N-dealkylation sites (N-methyl/N-ethyl adjacent to an activating group) is 10. The third-order valence-corrected chi connectivity index (χ3v) is 9.29. The lowest BCUT2D eigenvalue weighted by atomic mass is 10.3. The molecule has 0 atom stereocenters. The molecule has 0 spiro atoms. The molecule has 0 aromatic carbocycles. The number of nitrogens with zero attached hydrogens (tertiary/aromatic N) is 11. The Labute approximate surface area is 353 Å². The van der Waals surface area contributed by atoms with Gasteiger partial charge in [-0.15, -0.1) is 5.06 Å². The van der Waals surface area contributed by atoms with Crippen LogP contribution in [0, 0.1) is 0 Å². The van der Waals surface area contributed by atoms with Gasteiger partial charge in [-0.05, 0) is 0 Å². The zero-order chi connectivity index (χ0) is 47.0. The lowest BCUT2D eigenvalue weighted by molar-refractivity contribution is -0.198. The minimum Gasteiger partial charge on any atom is -0.337 e. The first-order valence-electron chi connectivity index (χ1n) is 18.6. The predicted molar refractivity (Wildman–Crippen MR) is 209 cm³/mol. The molecule has 0 aromatic heterocycles. The molecule has 1 aliphatic heterocycles. The smallest absolute Gasteiger partial charge is 0.337 e. The molecule has 1 fully saturated rings. The average molecular weight is 868 g/mol. The number of imide groups is 1. The van der Waals surface area contributed by atoms with Crippen LogP contribution in [0.4, 0.5) is 0 Å². The second kappa shape index (κ2) is 23.8. The Bertz CT molecular complexity index is 1740. The fourth-order valence-corrected chi connectivity index (χ4v) is 4.80. The van der Waals surface area contributed by atoms with E-state index >= 15 is 0 Å². The van der Waals surface area contributed by atoms with E-state index in [0.29, 0.717) is 5.06 Å². The zero-order valence-corrected chi connectivity index (χ0v) is 36.6. The fourth-order valence-electron chi connectivity index (χ4n) is 4.80. The molecule has 25 nitrogen and oxygen atoms in total. The summed E-state index contributed by atoms with van der Waals surface area (Å²) in [7, 11) is 13.2. The number of hydrogen-bond acceptors (Lipinski definition) is 14. The van der Waals surface area contributed by atoms with Crippen LogP contribution in [0.5, 0.6) is 0 Å². The molecular formula is C36H57N11O14. The zero-order valence-electron chi connectivity index (χ0n) is 36.6. The quantitative estimate of drug-likeness (QED) is 0.0974. The third-order valence-electron chi connectivity index (χ3n) is 9.29. The molecular weight excluding hydrogens is 810 g/mol. The van der Waals surface area contributed by atoms with Crippen LogP contribution >= 0.6 is 0 Å². The van der Waals surface area contributed by atoms with Crippen LogP contribution in [0.25, 0.3) is 0 Å². The number of rotatable bonds is 21. The highest BCUT2D eigenvalue weighted by Crippen LogP contribution is 2.12. The Balaban J connectivity index is 2.53. The van der Waals surface area contributed by atoms with Crippen LogP contribution in [0.2, 0.25) is 0 Å². The van der Waals surface area contributed by atoms with Crippen molar-refractivity contribution in [1.29, 1.82) is 0 Å². The van der Waals surface area contributed by atoms with Gasteiger partial charge in [-0.2, -0.15) is 0 Å². The molecule has 0 aromatic rings. The molecule has 0 bridgehead atoms. The van der Waals surface area contributed by atoms with Crippen LogP contribution < -0.4 is 0 Å². The van der Waals surface area contributed by atoms with E-state index in [1.54, 1.807) is 0 Å². The first kappa shape index (κ1) is 52.3. The molecule has 0 N–H and O–H groups in total. The predicted octanol–water partition coefficient (Wildman–Crippen LogP) is -5.80. The molecule has 61 heavy (non-hydrogen) atoms. The highest BCUT2D eigenvalue weighted by Gasteiger charge is 2.33. The molecule has 1 rings (SSSR count). The Hall–Kier alpha value is -6.69. The van der Waals surface area contributed by atoms with Gasteiger partial charge in [0.05, 0.1) is 58.9 Å². The largest absolute Gasteiger partial charge is 0.352 e. The summed E-state index contributed by atoms with van der Waals surface area (Å²) in [6.07, 6.45) is -0.201.